The van der Waals surface area contributed by atoms with Gasteiger partial charge in [0.25, 0.3) is 0 Å². The second-order valence-electron chi connectivity index (χ2n) is 5.73. The van der Waals surface area contributed by atoms with Crippen LogP contribution in [0.15, 0.2) is 18.2 Å². The molecule has 1 aromatic rings. The van der Waals surface area contributed by atoms with Crippen molar-refractivity contribution in [1.82, 2.24) is 0 Å². The third-order valence-corrected chi connectivity index (χ3v) is 4.30. The highest BCUT2D eigenvalue weighted by molar-refractivity contribution is 5.40. The standard InChI is InChI=1S/C16H24O2/c1-11-7-8-15(9-13(11)3)18-16-12(2)5-4-6-14(16)10-17/h4-6,11,13,15,17H,7-10H2,1-3H3. The van der Waals surface area contributed by atoms with E-state index >= 15 is 0 Å². The van der Waals surface area contributed by atoms with E-state index in [0.29, 0.717) is 6.10 Å². The van der Waals surface area contributed by atoms with Crippen LogP contribution in [0.1, 0.15) is 44.2 Å². The van der Waals surface area contributed by atoms with Gasteiger partial charge in [0.15, 0.2) is 0 Å². The van der Waals surface area contributed by atoms with Crippen molar-refractivity contribution in [3.63, 3.8) is 0 Å². The molecule has 0 bridgehead atoms. The average molecular weight is 248 g/mol. The molecule has 3 unspecified atom stereocenters. The van der Waals surface area contributed by atoms with E-state index in [1.54, 1.807) is 0 Å². The second-order valence-corrected chi connectivity index (χ2v) is 5.73. The summed E-state index contributed by atoms with van der Waals surface area (Å²) in [5.74, 6) is 2.43. The number of hydrogen-bond acceptors (Lipinski definition) is 2. The lowest BCUT2D eigenvalue weighted by Crippen LogP contribution is -2.29. The Hall–Kier alpha value is -1.02. The summed E-state index contributed by atoms with van der Waals surface area (Å²) in [5.41, 5.74) is 2.02. The Morgan fingerprint density at radius 2 is 2.00 bits per heavy atom. The molecule has 0 aliphatic heterocycles. The molecular formula is C16H24O2. The van der Waals surface area contributed by atoms with E-state index in [2.05, 4.69) is 13.8 Å². The number of aliphatic hydroxyl groups is 1. The van der Waals surface area contributed by atoms with Crippen molar-refractivity contribution in [3.05, 3.63) is 29.3 Å². The van der Waals surface area contributed by atoms with Gasteiger partial charge in [0.05, 0.1) is 12.7 Å². The maximum atomic E-state index is 9.39. The molecule has 1 aromatic carbocycles. The van der Waals surface area contributed by atoms with Crippen LogP contribution in [-0.2, 0) is 6.61 Å². The summed E-state index contributed by atoms with van der Waals surface area (Å²) >= 11 is 0. The Bertz CT molecular complexity index is 400. The number of para-hydroxylation sites is 1. The first-order chi connectivity index (χ1) is 8.61. The smallest absolute Gasteiger partial charge is 0.128 e. The van der Waals surface area contributed by atoms with E-state index in [9.17, 15) is 5.11 Å². The highest BCUT2D eigenvalue weighted by Gasteiger charge is 2.26. The van der Waals surface area contributed by atoms with Gasteiger partial charge in [-0.2, -0.15) is 0 Å². The van der Waals surface area contributed by atoms with Gasteiger partial charge in [0.1, 0.15) is 5.75 Å². The molecule has 100 valence electrons. The minimum Gasteiger partial charge on any atom is -0.490 e. The van der Waals surface area contributed by atoms with Crippen LogP contribution >= 0.6 is 0 Å². The summed E-state index contributed by atoms with van der Waals surface area (Å²) in [5, 5.41) is 9.39. The van der Waals surface area contributed by atoms with Crippen molar-refractivity contribution in [2.75, 3.05) is 0 Å². The van der Waals surface area contributed by atoms with E-state index in [1.807, 2.05) is 25.1 Å². The minimum absolute atomic E-state index is 0.0513. The van der Waals surface area contributed by atoms with Crippen LogP contribution in [0.2, 0.25) is 0 Å². The van der Waals surface area contributed by atoms with Crippen molar-refractivity contribution in [3.8, 4) is 5.75 Å². The van der Waals surface area contributed by atoms with Crippen LogP contribution in [0.5, 0.6) is 5.75 Å². The molecule has 0 heterocycles. The summed E-state index contributed by atoms with van der Waals surface area (Å²) in [6.45, 7) is 6.73. The zero-order chi connectivity index (χ0) is 13.1. The van der Waals surface area contributed by atoms with Gasteiger partial charge < -0.3 is 9.84 Å². The fourth-order valence-corrected chi connectivity index (χ4v) is 2.78. The summed E-state index contributed by atoms with van der Waals surface area (Å²) < 4.78 is 6.17. The highest BCUT2D eigenvalue weighted by Crippen LogP contribution is 2.33. The lowest BCUT2D eigenvalue weighted by Gasteiger charge is -2.33. The molecule has 1 aliphatic carbocycles. The van der Waals surface area contributed by atoms with Gasteiger partial charge in [-0.1, -0.05) is 32.0 Å². The van der Waals surface area contributed by atoms with Crippen LogP contribution in [0.4, 0.5) is 0 Å². The molecule has 3 atom stereocenters. The fourth-order valence-electron chi connectivity index (χ4n) is 2.78. The Morgan fingerprint density at radius 3 is 2.67 bits per heavy atom. The SMILES string of the molecule is Cc1cccc(CO)c1OC1CCC(C)C(C)C1. The van der Waals surface area contributed by atoms with Gasteiger partial charge in [-0.15, -0.1) is 0 Å². The monoisotopic (exact) mass is 248 g/mol. The molecule has 0 amide bonds. The lowest BCUT2D eigenvalue weighted by atomic mass is 9.80. The third kappa shape index (κ3) is 2.86. The van der Waals surface area contributed by atoms with Gasteiger partial charge >= 0.3 is 0 Å². The maximum absolute atomic E-state index is 9.39. The van der Waals surface area contributed by atoms with Crippen LogP contribution in [0.3, 0.4) is 0 Å². The van der Waals surface area contributed by atoms with E-state index in [0.717, 1.165) is 41.6 Å². The zero-order valence-corrected chi connectivity index (χ0v) is 11.6. The molecule has 0 spiro atoms. The molecule has 1 fully saturated rings. The van der Waals surface area contributed by atoms with Gasteiger partial charge in [0, 0.05) is 5.56 Å². The van der Waals surface area contributed by atoms with Crippen LogP contribution < -0.4 is 4.74 Å². The topological polar surface area (TPSA) is 29.5 Å². The predicted molar refractivity (Wildman–Crippen MR) is 73.7 cm³/mol. The second kappa shape index (κ2) is 5.75. The van der Waals surface area contributed by atoms with Crippen molar-refractivity contribution in [2.45, 2.75) is 52.7 Å². The van der Waals surface area contributed by atoms with Gasteiger partial charge in [-0.3, -0.25) is 0 Å². The van der Waals surface area contributed by atoms with Gasteiger partial charge in [-0.05, 0) is 43.6 Å². The molecule has 18 heavy (non-hydrogen) atoms. The summed E-state index contributed by atoms with van der Waals surface area (Å²) in [4.78, 5) is 0. The quantitative estimate of drug-likeness (QED) is 0.884. The Balaban J connectivity index is 2.10. The number of ether oxygens (including phenoxy) is 1. The summed E-state index contributed by atoms with van der Waals surface area (Å²) in [6, 6.07) is 5.96. The van der Waals surface area contributed by atoms with Crippen LogP contribution in [0.25, 0.3) is 0 Å². The third-order valence-electron chi connectivity index (χ3n) is 4.30. The van der Waals surface area contributed by atoms with E-state index in [4.69, 9.17) is 4.74 Å². The first kappa shape index (κ1) is 13.4. The largest absolute Gasteiger partial charge is 0.490 e. The zero-order valence-electron chi connectivity index (χ0n) is 11.6. The van der Waals surface area contributed by atoms with E-state index < -0.39 is 0 Å². The Morgan fingerprint density at radius 1 is 1.22 bits per heavy atom. The summed E-state index contributed by atoms with van der Waals surface area (Å²) in [7, 11) is 0. The summed E-state index contributed by atoms with van der Waals surface area (Å²) in [6.07, 6.45) is 3.81. The molecule has 1 saturated carbocycles. The van der Waals surface area contributed by atoms with E-state index in [-0.39, 0.29) is 6.61 Å². The normalized spacial score (nSPS) is 28.1. The van der Waals surface area contributed by atoms with Crippen molar-refractivity contribution in [2.24, 2.45) is 11.8 Å². The highest BCUT2D eigenvalue weighted by atomic mass is 16.5. The van der Waals surface area contributed by atoms with Crippen molar-refractivity contribution in [1.29, 1.82) is 0 Å². The molecule has 0 radical (unpaired) electrons. The predicted octanol–water partition coefficient (Wildman–Crippen LogP) is 3.69. The van der Waals surface area contributed by atoms with E-state index in [1.165, 1.54) is 6.42 Å². The molecule has 0 saturated heterocycles. The number of aryl methyl sites for hydroxylation is 1. The van der Waals surface area contributed by atoms with Crippen LogP contribution in [-0.4, -0.2) is 11.2 Å². The molecular weight excluding hydrogens is 224 g/mol. The van der Waals surface area contributed by atoms with Gasteiger partial charge in [-0.25, -0.2) is 0 Å². The number of benzene rings is 1. The molecule has 1 aliphatic rings. The first-order valence-electron chi connectivity index (χ1n) is 6.97. The minimum atomic E-state index is 0.0513. The number of hydrogen-bond donors (Lipinski definition) is 1. The molecule has 2 rings (SSSR count). The maximum Gasteiger partial charge on any atom is 0.128 e. The van der Waals surface area contributed by atoms with Crippen molar-refractivity contribution < 1.29 is 9.84 Å². The van der Waals surface area contributed by atoms with Crippen LogP contribution in [0, 0.1) is 18.8 Å². The number of aliphatic hydroxyl groups excluding tert-OH is 1. The fraction of sp³-hybridized carbons (Fsp3) is 0.625. The number of rotatable bonds is 3. The Kier molecular flexibility index (Phi) is 4.28. The molecule has 1 N–H and O–H groups in total. The van der Waals surface area contributed by atoms with Gasteiger partial charge in [0.2, 0.25) is 0 Å². The Labute approximate surface area is 110 Å². The molecule has 2 nitrogen and oxygen atoms in total. The molecule has 0 aromatic heterocycles. The molecule has 2 heteroatoms. The lowest BCUT2D eigenvalue weighted by molar-refractivity contribution is 0.0974. The first-order valence-corrected chi connectivity index (χ1v) is 6.97. The average Bonchev–Trinajstić information content (AvgIpc) is 2.36. The van der Waals surface area contributed by atoms with Crippen molar-refractivity contribution >= 4 is 0 Å².